The number of rotatable bonds is 3. The molecule has 2 N–H and O–H groups in total. The van der Waals surface area contributed by atoms with E-state index in [9.17, 15) is 0 Å². The van der Waals surface area contributed by atoms with E-state index in [1.807, 2.05) is 6.07 Å². The first-order chi connectivity index (χ1) is 9.83. The van der Waals surface area contributed by atoms with E-state index in [0.717, 1.165) is 35.9 Å². The predicted octanol–water partition coefficient (Wildman–Crippen LogP) is 3.23. The van der Waals surface area contributed by atoms with E-state index in [0.29, 0.717) is 5.82 Å². The maximum atomic E-state index is 5.98. The summed E-state index contributed by atoms with van der Waals surface area (Å²) in [4.78, 5) is 11.4. The number of nitrogens with two attached hydrogens (primary N) is 1. The summed E-state index contributed by atoms with van der Waals surface area (Å²) in [6.45, 7) is 7.48. The Morgan fingerprint density at radius 2 is 2.00 bits per heavy atom. The normalized spacial score (nSPS) is 28.1. The highest BCUT2D eigenvalue weighted by atomic mass is 15.2. The Hall–Kier alpha value is -1.32. The van der Waals surface area contributed by atoms with Gasteiger partial charge in [0.25, 0.3) is 0 Å². The minimum absolute atomic E-state index is 0.0720. The van der Waals surface area contributed by atoms with E-state index >= 15 is 0 Å². The second-order valence-electron chi connectivity index (χ2n) is 8.04. The minimum atomic E-state index is -0.0720. The topological polar surface area (TPSA) is 55.0 Å². The number of hydrogen-bond donors (Lipinski definition) is 1. The fourth-order valence-electron chi connectivity index (χ4n) is 4.03. The number of aromatic nitrogens is 2. The van der Waals surface area contributed by atoms with E-state index in [-0.39, 0.29) is 5.41 Å². The molecular formula is C17H28N4. The van der Waals surface area contributed by atoms with Crippen molar-refractivity contribution in [1.29, 1.82) is 0 Å². The lowest BCUT2D eigenvalue weighted by Crippen LogP contribution is -2.30. The molecule has 1 aromatic rings. The Morgan fingerprint density at radius 1 is 1.24 bits per heavy atom. The largest absolute Gasteiger partial charge is 0.384 e. The van der Waals surface area contributed by atoms with Gasteiger partial charge in [-0.3, -0.25) is 0 Å². The van der Waals surface area contributed by atoms with Crippen molar-refractivity contribution >= 4 is 11.6 Å². The first-order valence-corrected chi connectivity index (χ1v) is 8.19. The predicted molar refractivity (Wildman–Crippen MR) is 87.4 cm³/mol. The molecule has 0 aromatic carbocycles. The maximum absolute atomic E-state index is 5.98. The maximum Gasteiger partial charge on any atom is 0.138 e. The lowest BCUT2D eigenvalue weighted by atomic mass is 9.88. The molecule has 4 nitrogen and oxygen atoms in total. The van der Waals surface area contributed by atoms with Crippen molar-refractivity contribution in [2.45, 2.75) is 51.9 Å². The van der Waals surface area contributed by atoms with Crippen molar-refractivity contribution < 1.29 is 0 Å². The molecule has 21 heavy (non-hydrogen) atoms. The molecule has 2 aliphatic carbocycles. The zero-order valence-electron chi connectivity index (χ0n) is 13.8. The molecule has 2 aliphatic rings. The molecule has 0 saturated heterocycles. The molecule has 3 atom stereocenters. The second kappa shape index (κ2) is 5.15. The van der Waals surface area contributed by atoms with Gasteiger partial charge in [-0.05, 0) is 37.0 Å². The van der Waals surface area contributed by atoms with Gasteiger partial charge in [-0.2, -0.15) is 0 Å². The lowest BCUT2D eigenvalue weighted by molar-refractivity contribution is 0.337. The SMILES string of the molecule is CN(CC1CC2CCC1C2)c1cc(N)nc(C(C)(C)C)n1. The number of nitrogen functional groups attached to an aromatic ring is 1. The standard InChI is InChI=1S/C17H28N4/c1-17(2,3)16-19-14(18)9-15(20-16)21(4)10-13-8-11-5-6-12(13)7-11/h9,11-13H,5-8,10H2,1-4H3,(H2,18,19,20). The molecule has 0 spiro atoms. The van der Waals surface area contributed by atoms with E-state index < -0.39 is 0 Å². The highest BCUT2D eigenvalue weighted by Crippen LogP contribution is 2.48. The molecule has 0 aliphatic heterocycles. The summed E-state index contributed by atoms with van der Waals surface area (Å²) >= 11 is 0. The summed E-state index contributed by atoms with van der Waals surface area (Å²) in [7, 11) is 2.14. The van der Waals surface area contributed by atoms with Gasteiger partial charge in [0.05, 0.1) is 0 Å². The molecule has 2 bridgehead atoms. The molecular weight excluding hydrogens is 260 g/mol. The smallest absolute Gasteiger partial charge is 0.138 e. The summed E-state index contributed by atoms with van der Waals surface area (Å²) in [5, 5.41) is 0. The van der Waals surface area contributed by atoms with Crippen molar-refractivity contribution in [3.8, 4) is 0 Å². The summed E-state index contributed by atoms with van der Waals surface area (Å²) in [5.74, 6) is 5.15. The van der Waals surface area contributed by atoms with Crippen molar-refractivity contribution in [2.24, 2.45) is 17.8 Å². The molecule has 3 rings (SSSR count). The molecule has 2 fully saturated rings. The number of fused-ring (bicyclic) bond motifs is 2. The molecule has 3 unspecified atom stereocenters. The van der Waals surface area contributed by atoms with Crippen LogP contribution < -0.4 is 10.6 Å². The van der Waals surface area contributed by atoms with Crippen LogP contribution in [0.2, 0.25) is 0 Å². The van der Waals surface area contributed by atoms with Crippen LogP contribution >= 0.6 is 0 Å². The number of anilines is 2. The van der Waals surface area contributed by atoms with Crippen molar-refractivity contribution in [3.63, 3.8) is 0 Å². The van der Waals surface area contributed by atoms with E-state index in [4.69, 9.17) is 10.7 Å². The summed E-state index contributed by atoms with van der Waals surface area (Å²) < 4.78 is 0. The first kappa shape index (κ1) is 14.6. The van der Waals surface area contributed by atoms with Gasteiger partial charge in [-0.15, -0.1) is 0 Å². The Bertz CT molecular complexity index is 520. The molecule has 1 aromatic heterocycles. The van der Waals surface area contributed by atoms with Gasteiger partial charge in [0.15, 0.2) is 0 Å². The van der Waals surface area contributed by atoms with Gasteiger partial charge < -0.3 is 10.6 Å². The molecule has 0 radical (unpaired) electrons. The zero-order valence-corrected chi connectivity index (χ0v) is 13.8. The van der Waals surface area contributed by atoms with Gasteiger partial charge in [-0.25, -0.2) is 9.97 Å². The average molecular weight is 288 g/mol. The van der Waals surface area contributed by atoms with Gasteiger partial charge in [-0.1, -0.05) is 27.2 Å². The van der Waals surface area contributed by atoms with Crippen LogP contribution in [0.15, 0.2) is 6.07 Å². The van der Waals surface area contributed by atoms with Crippen LogP contribution in [0, 0.1) is 17.8 Å². The van der Waals surface area contributed by atoms with Gasteiger partial charge >= 0.3 is 0 Å². The molecule has 0 amide bonds. The average Bonchev–Trinajstić information content (AvgIpc) is 2.99. The van der Waals surface area contributed by atoms with Crippen LogP contribution in [0.4, 0.5) is 11.6 Å². The van der Waals surface area contributed by atoms with Crippen molar-refractivity contribution in [1.82, 2.24) is 9.97 Å². The highest BCUT2D eigenvalue weighted by Gasteiger charge is 2.39. The quantitative estimate of drug-likeness (QED) is 0.927. The third-order valence-electron chi connectivity index (χ3n) is 5.19. The lowest BCUT2D eigenvalue weighted by Gasteiger charge is -2.29. The Morgan fingerprint density at radius 3 is 2.57 bits per heavy atom. The molecule has 2 saturated carbocycles. The number of nitrogens with zero attached hydrogens (tertiary/aromatic N) is 3. The Kier molecular flexibility index (Phi) is 3.58. The summed E-state index contributed by atoms with van der Waals surface area (Å²) in [6.07, 6.45) is 5.75. The Labute approximate surface area is 128 Å². The molecule has 1 heterocycles. The zero-order chi connectivity index (χ0) is 15.2. The van der Waals surface area contributed by atoms with E-state index in [2.05, 4.69) is 37.7 Å². The summed E-state index contributed by atoms with van der Waals surface area (Å²) in [5.41, 5.74) is 5.91. The molecule has 116 valence electrons. The van der Waals surface area contributed by atoms with Gasteiger partial charge in [0.2, 0.25) is 0 Å². The van der Waals surface area contributed by atoms with Crippen LogP contribution in [0.1, 0.15) is 52.3 Å². The minimum Gasteiger partial charge on any atom is -0.384 e. The van der Waals surface area contributed by atoms with Crippen LogP contribution in [-0.2, 0) is 5.41 Å². The monoisotopic (exact) mass is 288 g/mol. The highest BCUT2D eigenvalue weighted by molar-refractivity contribution is 5.47. The fourth-order valence-corrected chi connectivity index (χ4v) is 4.03. The first-order valence-electron chi connectivity index (χ1n) is 8.19. The third kappa shape index (κ3) is 2.99. The van der Waals surface area contributed by atoms with E-state index in [1.54, 1.807) is 0 Å². The van der Waals surface area contributed by atoms with Crippen LogP contribution in [0.3, 0.4) is 0 Å². The van der Waals surface area contributed by atoms with Crippen LogP contribution in [0.5, 0.6) is 0 Å². The van der Waals surface area contributed by atoms with Crippen molar-refractivity contribution in [2.75, 3.05) is 24.2 Å². The third-order valence-corrected chi connectivity index (χ3v) is 5.19. The van der Waals surface area contributed by atoms with Crippen molar-refractivity contribution in [3.05, 3.63) is 11.9 Å². The van der Waals surface area contributed by atoms with Gasteiger partial charge in [0, 0.05) is 25.1 Å². The van der Waals surface area contributed by atoms with Gasteiger partial charge in [0.1, 0.15) is 17.5 Å². The molecule has 4 heteroatoms. The van der Waals surface area contributed by atoms with E-state index in [1.165, 1.54) is 25.7 Å². The second-order valence-corrected chi connectivity index (χ2v) is 8.04. The fraction of sp³-hybridized carbons (Fsp3) is 0.765. The van der Waals surface area contributed by atoms with Crippen LogP contribution in [0.25, 0.3) is 0 Å². The number of hydrogen-bond acceptors (Lipinski definition) is 4. The summed E-state index contributed by atoms with van der Waals surface area (Å²) in [6, 6.07) is 1.91. The van der Waals surface area contributed by atoms with Crippen LogP contribution in [-0.4, -0.2) is 23.6 Å². The Balaban J connectivity index is 1.75.